The fraction of sp³-hybridized carbons (Fsp3) is 0.100. The number of nitrogens with one attached hydrogen (secondary N) is 1. The molecule has 4 nitrogen and oxygen atoms in total. The third kappa shape index (κ3) is 8.15. The summed E-state index contributed by atoms with van der Waals surface area (Å²) >= 11 is 0. The fourth-order valence-electron chi connectivity index (χ4n) is 5.11. The van der Waals surface area contributed by atoms with Gasteiger partial charge in [-0.3, -0.25) is 0 Å². The summed E-state index contributed by atoms with van der Waals surface area (Å²) in [4.78, 5) is 0. The van der Waals surface area contributed by atoms with Crippen LogP contribution in [0.15, 0.2) is 129 Å². The van der Waals surface area contributed by atoms with Crippen molar-refractivity contribution < 1.29 is 5.73 Å². The fourth-order valence-corrected chi connectivity index (χ4v) is 5.11. The highest BCUT2D eigenvalue weighted by Gasteiger charge is 2.12. The Morgan fingerprint density at radius 2 is 1.16 bits per heavy atom. The molecule has 0 fully saturated rings. The van der Waals surface area contributed by atoms with E-state index < -0.39 is 0 Å². The largest absolute Gasteiger partial charge is 0.811 e. The molecule has 0 aliphatic heterocycles. The maximum atomic E-state index is 9.53. The molecule has 3 aromatic carbocycles. The van der Waals surface area contributed by atoms with Gasteiger partial charge in [-0.05, 0) is 148 Å². The lowest BCUT2D eigenvalue weighted by atomic mass is 9.89. The highest BCUT2D eigenvalue weighted by molar-refractivity contribution is 5.94. The van der Waals surface area contributed by atoms with Crippen molar-refractivity contribution in [1.29, 1.82) is 5.41 Å². The molecule has 0 unspecified atom stereocenters. The molecule has 0 aliphatic carbocycles. The Kier molecular flexibility index (Phi) is 12.3. The van der Waals surface area contributed by atoms with Gasteiger partial charge in [0.05, 0.1) is 6.20 Å². The Morgan fingerprint density at radius 1 is 0.705 bits per heavy atom. The minimum absolute atomic E-state index is 0.780. The van der Waals surface area contributed by atoms with Gasteiger partial charge in [-0.15, -0.1) is 7.05 Å². The smallest absolute Gasteiger partial charge is 0.0915 e. The molecule has 0 aliphatic rings. The van der Waals surface area contributed by atoms with Gasteiger partial charge >= 0.3 is 0 Å². The monoisotopic (exact) mass is 577 g/mol. The zero-order valence-electron chi connectivity index (χ0n) is 26.1. The van der Waals surface area contributed by atoms with Crippen molar-refractivity contribution in [2.75, 3.05) is 7.05 Å². The van der Waals surface area contributed by atoms with E-state index in [0.717, 1.165) is 78.6 Å². The average molecular weight is 578 g/mol. The molecule has 0 spiro atoms. The van der Waals surface area contributed by atoms with Crippen molar-refractivity contribution in [3.63, 3.8) is 0 Å². The molecule has 0 radical (unpaired) electrons. The average Bonchev–Trinajstić information content (AvgIpc) is 3.04. The van der Waals surface area contributed by atoms with Crippen LogP contribution in [0.1, 0.15) is 41.7 Å². The van der Waals surface area contributed by atoms with Gasteiger partial charge in [0.1, 0.15) is 0 Å². The Hall–Kier alpha value is -5.32. The standard InChI is InChI=1S/C40H40N4/c1-7-29(11-15-41)35-22-36(30(8-2)12-16-42)25-39(24-35)33-19-28(5)20-34(21-33)40-26-37(31(9-3)13-17-43)23-38(27-40)32(10-4)14-18-44-6/h7-27,41H,1-2,43H2,3-6H3/q-2/p+1. The minimum atomic E-state index is 0.780. The van der Waals surface area contributed by atoms with E-state index >= 15 is 0 Å². The molecule has 4 N–H and O–H groups in total. The molecule has 3 aromatic rings. The van der Waals surface area contributed by atoms with Gasteiger partial charge in [-0.25, -0.2) is 0 Å². The number of rotatable bonds is 13. The number of aryl methyl sites for hydroxylation is 1. The van der Waals surface area contributed by atoms with Gasteiger partial charge in [0.25, 0.3) is 0 Å². The minimum Gasteiger partial charge on any atom is -0.811 e. The Labute approximate surface area is 262 Å². The first kappa shape index (κ1) is 33.2. The molecule has 0 saturated carbocycles. The number of nitrogens with zero attached hydrogens (tertiary/aromatic N) is 2. The van der Waals surface area contributed by atoms with E-state index in [0.29, 0.717) is 0 Å². The van der Waals surface area contributed by atoms with Crippen LogP contribution in [0, 0.1) is 12.3 Å². The molecule has 0 amide bonds. The van der Waals surface area contributed by atoms with E-state index in [4.69, 9.17) is 5.41 Å². The van der Waals surface area contributed by atoms with Crippen LogP contribution in [0.2, 0.25) is 0 Å². The quantitative estimate of drug-likeness (QED) is 0.150. The van der Waals surface area contributed by atoms with Crippen molar-refractivity contribution in [2.24, 2.45) is 0 Å². The zero-order chi connectivity index (χ0) is 32.1. The van der Waals surface area contributed by atoms with Crippen LogP contribution in [0.4, 0.5) is 0 Å². The van der Waals surface area contributed by atoms with E-state index in [9.17, 15) is 5.41 Å². The van der Waals surface area contributed by atoms with E-state index in [1.165, 1.54) is 6.21 Å². The van der Waals surface area contributed by atoms with E-state index in [1.807, 2.05) is 44.5 Å². The molecule has 0 atom stereocenters. The second kappa shape index (κ2) is 16.4. The summed E-state index contributed by atoms with van der Waals surface area (Å²) in [7, 11) is 1.77. The molecule has 44 heavy (non-hydrogen) atoms. The summed E-state index contributed by atoms with van der Waals surface area (Å²) in [6, 6.07) is 19.5. The maximum Gasteiger partial charge on any atom is 0.0915 e. The van der Waals surface area contributed by atoms with E-state index in [-0.39, 0.29) is 0 Å². The first-order valence-corrected chi connectivity index (χ1v) is 14.5. The second-order valence-electron chi connectivity index (χ2n) is 10.1. The first-order chi connectivity index (χ1) is 21.3. The predicted octanol–water partition coefficient (Wildman–Crippen LogP) is 9.84. The Bertz CT molecular complexity index is 1690. The second-order valence-corrected chi connectivity index (χ2v) is 10.1. The van der Waals surface area contributed by atoms with Crippen LogP contribution in [0.5, 0.6) is 0 Å². The van der Waals surface area contributed by atoms with Crippen molar-refractivity contribution in [3.8, 4) is 22.3 Å². The Balaban J connectivity index is 2.35. The van der Waals surface area contributed by atoms with Crippen LogP contribution in [0.25, 0.3) is 55.3 Å². The van der Waals surface area contributed by atoms with Crippen molar-refractivity contribution in [1.82, 2.24) is 0 Å². The van der Waals surface area contributed by atoms with Crippen molar-refractivity contribution >= 4 is 34.7 Å². The SMILES string of the molecule is C=CC(=CC=[N-])c1cc(C(C=C)=CC=N)cc(-c2cc(C)cc(-c3cc(C(C=C[NH3+])=CC)cc(C(C=C[N-]C)=CC)c3)c2)c1. The Morgan fingerprint density at radius 3 is 1.57 bits per heavy atom. The van der Waals surface area contributed by atoms with Crippen molar-refractivity contribution in [2.45, 2.75) is 20.8 Å². The highest BCUT2D eigenvalue weighted by atomic mass is 14.8. The van der Waals surface area contributed by atoms with Crippen LogP contribution in [-0.2, 0) is 0 Å². The van der Waals surface area contributed by atoms with Crippen LogP contribution < -0.4 is 5.73 Å². The van der Waals surface area contributed by atoms with Crippen LogP contribution in [0.3, 0.4) is 0 Å². The summed E-state index contributed by atoms with van der Waals surface area (Å²) in [5, 5.41) is 21.3. The molecular weight excluding hydrogens is 536 g/mol. The topological polar surface area (TPSA) is 87.9 Å². The molecule has 0 bridgehead atoms. The summed E-state index contributed by atoms with van der Waals surface area (Å²) in [5.74, 6) is 0. The lowest BCUT2D eigenvalue weighted by Crippen LogP contribution is -2.39. The van der Waals surface area contributed by atoms with Crippen LogP contribution >= 0.6 is 0 Å². The van der Waals surface area contributed by atoms with Crippen molar-refractivity contribution in [3.05, 3.63) is 167 Å². The third-order valence-electron chi connectivity index (χ3n) is 7.22. The molecule has 3 rings (SSSR count). The molecule has 4 heteroatoms. The number of quaternary nitrogens is 1. The number of hydrogen-bond donors (Lipinski definition) is 2. The third-order valence-corrected chi connectivity index (χ3v) is 7.22. The zero-order valence-corrected chi connectivity index (χ0v) is 26.1. The lowest BCUT2D eigenvalue weighted by Gasteiger charge is -2.16. The lowest BCUT2D eigenvalue weighted by molar-refractivity contribution is -0.274. The molecule has 0 heterocycles. The van der Waals surface area contributed by atoms with E-state index in [2.05, 4.69) is 91.8 Å². The number of benzene rings is 3. The highest BCUT2D eigenvalue weighted by Crippen LogP contribution is 2.35. The molecule has 0 aromatic heterocycles. The van der Waals surface area contributed by atoms with Gasteiger partial charge in [0.15, 0.2) is 0 Å². The van der Waals surface area contributed by atoms with E-state index in [1.54, 1.807) is 31.4 Å². The molecule has 0 saturated heterocycles. The summed E-state index contributed by atoms with van der Waals surface area (Å²) in [6.45, 7) is 14.1. The molecule has 222 valence electrons. The number of allylic oxidation sites excluding steroid dienone is 12. The number of hydrogen-bond acceptors (Lipinski definition) is 1. The predicted molar refractivity (Wildman–Crippen MR) is 194 cm³/mol. The maximum absolute atomic E-state index is 9.53. The normalized spacial score (nSPS) is 12.9. The van der Waals surface area contributed by atoms with Gasteiger partial charge in [0.2, 0.25) is 0 Å². The van der Waals surface area contributed by atoms with Crippen LogP contribution in [-0.4, -0.2) is 19.5 Å². The first-order valence-electron chi connectivity index (χ1n) is 14.5. The van der Waals surface area contributed by atoms with Gasteiger partial charge in [0, 0.05) is 6.21 Å². The summed E-state index contributed by atoms with van der Waals surface area (Å²) < 4.78 is 0. The van der Waals surface area contributed by atoms with Gasteiger partial charge in [-0.1, -0.05) is 61.7 Å². The van der Waals surface area contributed by atoms with Gasteiger partial charge in [-0.2, -0.15) is 12.4 Å². The summed E-state index contributed by atoms with van der Waals surface area (Å²) in [5.41, 5.74) is 17.0. The molecular formula is C40H41N4-. The van der Waals surface area contributed by atoms with Gasteiger partial charge < -0.3 is 21.9 Å². The summed E-state index contributed by atoms with van der Waals surface area (Å²) in [6.07, 6.45) is 21.0.